The van der Waals surface area contributed by atoms with Crippen molar-refractivity contribution in [3.8, 4) is 0 Å². The minimum absolute atomic E-state index is 0.0294. The van der Waals surface area contributed by atoms with Crippen LogP contribution in [0.3, 0.4) is 0 Å². The van der Waals surface area contributed by atoms with E-state index in [0.29, 0.717) is 25.0 Å². The summed E-state index contributed by atoms with van der Waals surface area (Å²) in [7, 11) is 0. The van der Waals surface area contributed by atoms with E-state index in [0.717, 1.165) is 42.9 Å². The SMILES string of the molecule is CCOC(=O)C1=C(COCCOCCN)N2OC(=O)/C=C/C(=O)OC1(c1ccccc1Cl)C(C(=O)OCC(C1CC1)C1CC1)=C2C. The Morgan fingerprint density at radius 1 is 0.978 bits per heavy atom. The third-order valence-corrected chi connectivity index (χ3v) is 8.70. The van der Waals surface area contributed by atoms with Gasteiger partial charge in [-0.3, -0.25) is 0 Å². The van der Waals surface area contributed by atoms with Crippen LogP contribution in [0.4, 0.5) is 0 Å². The monoisotopic (exact) mass is 658 g/mol. The van der Waals surface area contributed by atoms with Crippen LogP contribution in [0.15, 0.2) is 59.0 Å². The Kier molecular flexibility index (Phi) is 10.8. The summed E-state index contributed by atoms with van der Waals surface area (Å²) in [6, 6.07) is 6.38. The quantitative estimate of drug-likeness (QED) is 0.167. The molecule has 2 fully saturated rings. The molecule has 248 valence electrons. The normalized spacial score (nSPS) is 22.2. The number of allylic oxidation sites excluding steroid dienone is 1. The molecule has 1 aromatic rings. The molecule has 1 aromatic carbocycles. The first-order valence-electron chi connectivity index (χ1n) is 15.6. The van der Waals surface area contributed by atoms with Crippen LogP contribution in [-0.2, 0) is 53.3 Å². The summed E-state index contributed by atoms with van der Waals surface area (Å²) in [6.45, 7) is 3.74. The molecule has 6 rings (SSSR count). The average molecular weight is 659 g/mol. The number of benzene rings is 1. The molecule has 3 heterocycles. The largest absolute Gasteiger partial charge is 0.462 e. The standard InChI is InChI=1S/C33H39ClN2O10/c1-3-43-32(40)30-26(19-42-17-16-41-15-14-35)36-20(2)29(31(39)44-18-23(21-8-9-21)22-10-11-22)33(30,24-6-4-5-7-25(24)34)45-27(37)12-13-28(38)46-36/h4-7,12-13,21-23H,3,8-11,14-19,35H2,1-2H3/b13-12+. The van der Waals surface area contributed by atoms with Crippen LogP contribution >= 0.6 is 11.6 Å². The van der Waals surface area contributed by atoms with Crippen molar-refractivity contribution in [3.63, 3.8) is 0 Å². The molecule has 2 N–H and O–H groups in total. The molecular formula is C33H39ClN2O10. The number of hydroxylamine groups is 2. The summed E-state index contributed by atoms with van der Waals surface area (Å²) in [6.07, 6.45) is 6.04. The third-order valence-electron chi connectivity index (χ3n) is 8.37. The molecule has 3 aliphatic heterocycles. The lowest BCUT2D eigenvalue weighted by atomic mass is 9.75. The summed E-state index contributed by atoms with van der Waals surface area (Å²) in [4.78, 5) is 60.5. The number of esters is 3. The van der Waals surface area contributed by atoms with Gasteiger partial charge in [0.1, 0.15) is 11.1 Å². The number of ether oxygens (including phenoxy) is 5. The van der Waals surface area contributed by atoms with E-state index < -0.39 is 29.5 Å². The van der Waals surface area contributed by atoms with Crippen LogP contribution < -0.4 is 5.73 Å². The third kappa shape index (κ3) is 7.15. The highest BCUT2D eigenvalue weighted by Gasteiger charge is 2.59. The second kappa shape index (κ2) is 14.8. The van der Waals surface area contributed by atoms with E-state index in [1.165, 1.54) is 6.92 Å². The fraction of sp³-hybridized carbons (Fsp3) is 0.515. The molecule has 1 atom stereocenters. The fourth-order valence-corrected chi connectivity index (χ4v) is 6.30. The highest BCUT2D eigenvalue weighted by atomic mass is 35.5. The van der Waals surface area contributed by atoms with Gasteiger partial charge >= 0.3 is 23.9 Å². The zero-order valence-electron chi connectivity index (χ0n) is 26.0. The maximum Gasteiger partial charge on any atom is 0.356 e. The highest BCUT2D eigenvalue weighted by molar-refractivity contribution is 6.31. The summed E-state index contributed by atoms with van der Waals surface area (Å²) >= 11 is 6.78. The number of hydrogen-bond acceptors (Lipinski definition) is 12. The summed E-state index contributed by atoms with van der Waals surface area (Å²) in [5.41, 5.74) is 2.70. The molecule has 1 unspecified atom stereocenters. The lowest BCUT2D eigenvalue weighted by Crippen LogP contribution is -2.51. The van der Waals surface area contributed by atoms with E-state index in [2.05, 4.69) is 0 Å². The van der Waals surface area contributed by atoms with Gasteiger partial charge in [-0.2, -0.15) is 5.06 Å². The lowest BCUT2D eigenvalue weighted by molar-refractivity contribution is -0.177. The number of carbonyl (C=O) groups is 4. The van der Waals surface area contributed by atoms with Gasteiger partial charge in [-0.15, -0.1) is 0 Å². The number of fused-ring (bicyclic) bond motifs is 4. The summed E-state index contributed by atoms with van der Waals surface area (Å²) in [5, 5.41) is 1.12. The molecule has 2 saturated carbocycles. The van der Waals surface area contributed by atoms with Crippen LogP contribution in [0, 0.1) is 17.8 Å². The molecule has 0 aromatic heterocycles. The van der Waals surface area contributed by atoms with Crippen molar-refractivity contribution in [2.24, 2.45) is 23.5 Å². The van der Waals surface area contributed by atoms with Crippen molar-refractivity contribution in [3.05, 3.63) is 69.5 Å². The highest BCUT2D eigenvalue weighted by Crippen LogP contribution is 2.52. The fourth-order valence-electron chi connectivity index (χ4n) is 6.04. The predicted molar refractivity (Wildman–Crippen MR) is 163 cm³/mol. The minimum atomic E-state index is -2.28. The first-order chi connectivity index (χ1) is 22.2. The zero-order valence-corrected chi connectivity index (χ0v) is 26.7. The van der Waals surface area contributed by atoms with E-state index >= 15 is 0 Å². The number of hydrogen-bond donors (Lipinski definition) is 1. The van der Waals surface area contributed by atoms with E-state index in [1.807, 2.05) is 0 Å². The van der Waals surface area contributed by atoms with Crippen LogP contribution in [0.25, 0.3) is 0 Å². The van der Waals surface area contributed by atoms with Gasteiger partial charge in [-0.05, 0) is 63.4 Å². The Balaban J connectivity index is 1.69. The second-order valence-electron chi connectivity index (χ2n) is 11.5. The Bertz CT molecular complexity index is 1440. The van der Waals surface area contributed by atoms with E-state index in [1.54, 1.807) is 31.2 Å². The van der Waals surface area contributed by atoms with E-state index in [-0.39, 0.29) is 72.1 Å². The van der Waals surface area contributed by atoms with Gasteiger partial charge in [0.05, 0.1) is 51.0 Å². The molecule has 13 heteroatoms. The van der Waals surface area contributed by atoms with Crippen LogP contribution in [0.1, 0.15) is 45.1 Å². The van der Waals surface area contributed by atoms with E-state index in [9.17, 15) is 19.2 Å². The predicted octanol–water partition coefficient (Wildman–Crippen LogP) is 3.48. The van der Waals surface area contributed by atoms with Crippen molar-refractivity contribution in [2.75, 3.05) is 46.2 Å². The number of halogens is 1. The average Bonchev–Trinajstić information content (AvgIpc) is 3.95. The zero-order chi connectivity index (χ0) is 32.8. The van der Waals surface area contributed by atoms with Crippen molar-refractivity contribution >= 4 is 35.5 Å². The van der Waals surface area contributed by atoms with Gasteiger partial charge in [0.2, 0.25) is 5.60 Å². The summed E-state index contributed by atoms with van der Waals surface area (Å²) in [5.74, 6) is -2.67. The molecule has 0 amide bonds. The molecule has 2 aliphatic carbocycles. The van der Waals surface area contributed by atoms with Crippen molar-refractivity contribution in [1.29, 1.82) is 0 Å². The number of nitrogens with two attached hydrogens (primary N) is 1. The topological polar surface area (TPSA) is 153 Å². The van der Waals surface area contributed by atoms with Crippen molar-refractivity contribution < 1.29 is 47.7 Å². The maximum absolute atomic E-state index is 14.4. The molecule has 12 nitrogen and oxygen atoms in total. The number of nitrogens with zero attached hydrogens (tertiary/aromatic N) is 1. The van der Waals surface area contributed by atoms with Crippen LogP contribution in [-0.4, -0.2) is 75.1 Å². The lowest BCUT2D eigenvalue weighted by Gasteiger charge is -2.44. The Labute approximate surface area is 272 Å². The van der Waals surface area contributed by atoms with Gasteiger partial charge < -0.3 is 34.3 Å². The van der Waals surface area contributed by atoms with Gasteiger partial charge in [0.25, 0.3) is 0 Å². The van der Waals surface area contributed by atoms with Gasteiger partial charge in [0, 0.05) is 29.3 Å². The molecular weight excluding hydrogens is 620 g/mol. The number of carbonyl (C=O) groups excluding carboxylic acids is 4. The first kappa shape index (κ1) is 33.6. The second-order valence-corrected chi connectivity index (χ2v) is 11.9. The van der Waals surface area contributed by atoms with Gasteiger partial charge in [-0.25, -0.2) is 19.2 Å². The molecule has 46 heavy (non-hydrogen) atoms. The molecule has 0 saturated heterocycles. The van der Waals surface area contributed by atoms with E-state index in [4.69, 9.17) is 45.9 Å². The molecule has 2 bridgehead atoms. The van der Waals surface area contributed by atoms with Gasteiger partial charge in [-0.1, -0.05) is 29.8 Å². The Hall–Kier alpha value is -3.71. The van der Waals surface area contributed by atoms with Crippen molar-refractivity contribution in [2.45, 2.75) is 45.1 Å². The van der Waals surface area contributed by atoms with Crippen LogP contribution in [0.5, 0.6) is 0 Å². The minimum Gasteiger partial charge on any atom is -0.462 e. The summed E-state index contributed by atoms with van der Waals surface area (Å²) < 4.78 is 28.9. The van der Waals surface area contributed by atoms with Gasteiger partial charge in [0.15, 0.2) is 0 Å². The molecule has 0 spiro atoms. The maximum atomic E-state index is 14.4. The Morgan fingerprint density at radius 2 is 1.63 bits per heavy atom. The smallest absolute Gasteiger partial charge is 0.356 e. The number of rotatable bonds is 15. The van der Waals surface area contributed by atoms with Crippen molar-refractivity contribution in [1.82, 2.24) is 5.06 Å². The Morgan fingerprint density at radius 3 is 2.28 bits per heavy atom. The van der Waals surface area contributed by atoms with Crippen LogP contribution in [0.2, 0.25) is 5.02 Å². The molecule has 5 aliphatic rings. The first-order valence-corrected chi connectivity index (χ1v) is 15.9. The molecule has 0 radical (unpaired) electrons.